The molecule has 1 aromatic rings. The maximum absolute atomic E-state index is 11.0. The zero-order valence-electron chi connectivity index (χ0n) is 7.34. The molecule has 0 aromatic heterocycles. The van der Waals surface area contributed by atoms with E-state index in [-0.39, 0.29) is 5.75 Å². The molecule has 0 aliphatic heterocycles. The molecule has 0 amide bonds. The second-order valence-corrected chi connectivity index (χ2v) is 3.71. The van der Waals surface area contributed by atoms with E-state index in [1.807, 2.05) is 0 Å². The summed E-state index contributed by atoms with van der Waals surface area (Å²) in [6.45, 7) is 0. The van der Waals surface area contributed by atoms with E-state index >= 15 is 0 Å². The molecular weight excluding hydrogens is 208 g/mol. The minimum atomic E-state index is -4.32. The van der Waals surface area contributed by atoms with Crippen LogP contribution in [-0.2, 0) is 14.9 Å². The van der Waals surface area contributed by atoms with Crippen LogP contribution in [0.5, 0.6) is 5.75 Å². The molecule has 0 atom stereocenters. The van der Waals surface area contributed by atoms with Crippen molar-refractivity contribution in [2.75, 3.05) is 7.11 Å². The molecule has 0 unspecified atom stereocenters. The van der Waals surface area contributed by atoms with Gasteiger partial charge >= 0.3 is 15.4 Å². The Morgan fingerprint density at radius 3 is 2.29 bits per heavy atom. The highest BCUT2D eigenvalue weighted by molar-refractivity contribution is 8.01. The van der Waals surface area contributed by atoms with E-state index in [1.165, 1.54) is 12.1 Å². The van der Waals surface area contributed by atoms with Gasteiger partial charge in [-0.15, -0.1) is 0 Å². The number of hydrogen-bond acceptors (Lipinski definition) is 5. The van der Waals surface area contributed by atoms with E-state index in [1.54, 1.807) is 18.2 Å². The lowest BCUT2D eigenvalue weighted by Crippen LogP contribution is -2.20. The molecule has 1 aromatic carbocycles. The summed E-state index contributed by atoms with van der Waals surface area (Å²) in [7, 11) is -3.36. The SMILES string of the molecule is COC(=O)S(=O)(=O)Oc1ccccc1. The van der Waals surface area contributed by atoms with Gasteiger partial charge < -0.3 is 8.92 Å². The van der Waals surface area contributed by atoms with Crippen molar-refractivity contribution in [3.05, 3.63) is 30.3 Å². The first-order valence-electron chi connectivity index (χ1n) is 3.64. The van der Waals surface area contributed by atoms with Crippen LogP contribution in [0.4, 0.5) is 4.79 Å². The van der Waals surface area contributed by atoms with Crippen LogP contribution in [0, 0.1) is 0 Å². The van der Waals surface area contributed by atoms with Crippen molar-refractivity contribution >= 4 is 15.4 Å². The Labute approximate surface area is 81.4 Å². The summed E-state index contributed by atoms with van der Waals surface area (Å²) >= 11 is 0. The first-order chi connectivity index (χ1) is 6.56. The van der Waals surface area contributed by atoms with Gasteiger partial charge in [0.25, 0.3) is 0 Å². The Balaban J connectivity index is 2.85. The summed E-state index contributed by atoms with van der Waals surface area (Å²) in [6.07, 6.45) is 0. The van der Waals surface area contributed by atoms with E-state index in [0.29, 0.717) is 0 Å². The van der Waals surface area contributed by atoms with Crippen LogP contribution in [0.2, 0.25) is 0 Å². The molecule has 0 bridgehead atoms. The van der Waals surface area contributed by atoms with Gasteiger partial charge in [-0.05, 0) is 12.1 Å². The van der Waals surface area contributed by atoms with Gasteiger partial charge in [0.15, 0.2) is 0 Å². The van der Waals surface area contributed by atoms with Crippen LogP contribution in [0.1, 0.15) is 0 Å². The summed E-state index contributed by atoms with van der Waals surface area (Å²) < 4.78 is 30.6. The van der Waals surface area contributed by atoms with Gasteiger partial charge in [-0.25, -0.2) is 4.79 Å². The maximum Gasteiger partial charge on any atom is 0.463 e. The van der Waals surface area contributed by atoms with E-state index in [2.05, 4.69) is 8.92 Å². The molecule has 0 saturated heterocycles. The Bertz CT molecular complexity index is 409. The van der Waals surface area contributed by atoms with E-state index in [4.69, 9.17) is 0 Å². The normalized spacial score (nSPS) is 10.6. The fourth-order valence-electron chi connectivity index (χ4n) is 0.739. The third-order valence-corrected chi connectivity index (χ3v) is 2.31. The van der Waals surface area contributed by atoms with Crippen LogP contribution in [0.3, 0.4) is 0 Å². The lowest BCUT2D eigenvalue weighted by Gasteiger charge is -2.03. The van der Waals surface area contributed by atoms with Crippen molar-refractivity contribution in [3.8, 4) is 5.75 Å². The zero-order chi connectivity index (χ0) is 10.6. The first kappa shape index (κ1) is 10.5. The molecule has 0 aliphatic rings. The maximum atomic E-state index is 11.0. The molecule has 6 heteroatoms. The van der Waals surface area contributed by atoms with E-state index in [9.17, 15) is 13.2 Å². The van der Waals surface area contributed by atoms with Crippen LogP contribution < -0.4 is 4.18 Å². The Morgan fingerprint density at radius 1 is 1.21 bits per heavy atom. The smallest absolute Gasteiger partial charge is 0.455 e. The average molecular weight is 216 g/mol. The molecule has 1 rings (SSSR count). The topological polar surface area (TPSA) is 69.7 Å². The van der Waals surface area contributed by atoms with Crippen LogP contribution in [-0.4, -0.2) is 20.8 Å². The van der Waals surface area contributed by atoms with Gasteiger partial charge in [-0.1, -0.05) is 18.2 Å². The number of rotatable bonds is 2. The molecule has 76 valence electrons. The number of para-hydroxylation sites is 1. The molecular formula is C8H8O5S. The number of methoxy groups -OCH3 is 1. The number of ether oxygens (including phenoxy) is 1. The van der Waals surface area contributed by atoms with Gasteiger partial charge in [-0.3, -0.25) is 0 Å². The molecule has 0 aliphatic carbocycles. The quantitative estimate of drug-likeness (QED) is 0.548. The summed E-state index contributed by atoms with van der Waals surface area (Å²) in [6, 6.07) is 7.70. The summed E-state index contributed by atoms with van der Waals surface area (Å²) in [5.74, 6) is 0.0675. The summed E-state index contributed by atoms with van der Waals surface area (Å²) in [5, 5.41) is -1.42. The van der Waals surface area contributed by atoms with Crippen molar-refractivity contribution in [1.82, 2.24) is 0 Å². The number of carbonyl (C=O) groups excluding carboxylic acids is 1. The highest BCUT2D eigenvalue weighted by atomic mass is 32.2. The molecule has 5 nitrogen and oxygen atoms in total. The molecule has 0 fully saturated rings. The predicted molar refractivity (Wildman–Crippen MR) is 48.4 cm³/mol. The van der Waals surface area contributed by atoms with Crippen molar-refractivity contribution in [2.24, 2.45) is 0 Å². The third-order valence-electron chi connectivity index (χ3n) is 1.32. The Morgan fingerprint density at radius 2 is 1.79 bits per heavy atom. The number of hydrogen-bond donors (Lipinski definition) is 0. The standard InChI is InChI=1S/C8H8O5S/c1-12-8(9)14(10,11)13-7-5-3-2-4-6-7/h2-6H,1H3. The van der Waals surface area contributed by atoms with Crippen molar-refractivity contribution < 1.29 is 22.1 Å². The zero-order valence-corrected chi connectivity index (χ0v) is 8.15. The predicted octanol–water partition coefficient (Wildman–Crippen LogP) is 1.16. The van der Waals surface area contributed by atoms with Crippen LogP contribution in [0.25, 0.3) is 0 Å². The monoisotopic (exact) mass is 216 g/mol. The Hall–Kier alpha value is -1.56. The first-order valence-corrected chi connectivity index (χ1v) is 5.04. The lowest BCUT2D eigenvalue weighted by atomic mass is 10.3. The molecule has 0 radical (unpaired) electrons. The van der Waals surface area contributed by atoms with Gasteiger partial charge in [0.1, 0.15) is 5.75 Å². The third kappa shape index (κ3) is 2.46. The fourth-order valence-corrected chi connectivity index (χ4v) is 1.38. The lowest BCUT2D eigenvalue weighted by molar-refractivity contribution is 0.194. The summed E-state index contributed by atoms with van der Waals surface area (Å²) in [4.78, 5) is 10.7. The fraction of sp³-hybridized carbons (Fsp3) is 0.125. The summed E-state index contributed by atoms with van der Waals surface area (Å²) in [5.41, 5.74) is 0. The minimum absolute atomic E-state index is 0.0675. The van der Waals surface area contributed by atoms with Gasteiger partial charge in [0, 0.05) is 0 Å². The molecule has 0 saturated carbocycles. The second-order valence-electron chi connectivity index (χ2n) is 2.30. The molecule has 0 heterocycles. The minimum Gasteiger partial charge on any atom is -0.455 e. The van der Waals surface area contributed by atoms with Gasteiger partial charge in [-0.2, -0.15) is 8.42 Å². The van der Waals surface area contributed by atoms with Crippen LogP contribution in [0.15, 0.2) is 30.3 Å². The highest BCUT2D eigenvalue weighted by Crippen LogP contribution is 2.12. The average Bonchev–Trinajstić information content (AvgIpc) is 2.17. The largest absolute Gasteiger partial charge is 0.463 e. The van der Waals surface area contributed by atoms with Crippen molar-refractivity contribution in [1.29, 1.82) is 0 Å². The van der Waals surface area contributed by atoms with Crippen molar-refractivity contribution in [2.45, 2.75) is 0 Å². The van der Waals surface area contributed by atoms with Gasteiger partial charge in [0.2, 0.25) is 0 Å². The molecule has 0 N–H and O–H groups in total. The number of carbonyl (C=O) groups is 1. The van der Waals surface area contributed by atoms with Crippen molar-refractivity contribution in [3.63, 3.8) is 0 Å². The molecule has 14 heavy (non-hydrogen) atoms. The van der Waals surface area contributed by atoms with Crippen LogP contribution >= 0.6 is 0 Å². The Kier molecular flexibility index (Phi) is 3.08. The van der Waals surface area contributed by atoms with E-state index in [0.717, 1.165) is 7.11 Å². The molecule has 0 spiro atoms. The number of benzene rings is 1. The highest BCUT2D eigenvalue weighted by Gasteiger charge is 2.25. The van der Waals surface area contributed by atoms with E-state index < -0.39 is 15.4 Å². The second kappa shape index (κ2) is 4.10. The van der Waals surface area contributed by atoms with Gasteiger partial charge in [0.05, 0.1) is 7.11 Å².